The van der Waals surface area contributed by atoms with Crippen LogP contribution in [0.5, 0.6) is 5.75 Å². The van der Waals surface area contributed by atoms with Crippen molar-refractivity contribution in [2.45, 2.75) is 39.3 Å². The Morgan fingerprint density at radius 2 is 1.92 bits per heavy atom. The highest BCUT2D eigenvalue weighted by atomic mass is 32.1. The molecule has 1 aliphatic rings. The molecule has 1 aromatic carbocycles. The molecule has 0 atom stereocenters. The van der Waals surface area contributed by atoms with E-state index < -0.39 is 0 Å². The summed E-state index contributed by atoms with van der Waals surface area (Å²) in [5, 5.41) is 2.08. The Balaban J connectivity index is 1.65. The summed E-state index contributed by atoms with van der Waals surface area (Å²) >= 11 is 1.73. The molecule has 2 heterocycles. The van der Waals surface area contributed by atoms with Crippen molar-refractivity contribution < 1.29 is 9.53 Å². The Morgan fingerprint density at radius 3 is 2.46 bits per heavy atom. The largest absolute Gasteiger partial charge is 0.497 e. The van der Waals surface area contributed by atoms with Gasteiger partial charge in [-0.2, -0.15) is 0 Å². The summed E-state index contributed by atoms with van der Waals surface area (Å²) in [6.45, 7) is 6.68. The van der Waals surface area contributed by atoms with Gasteiger partial charge >= 0.3 is 0 Å². The zero-order valence-electron chi connectivity index (χ0n) is 15.9. The lowest BCUT2D eigenvalue weighted by Gasteiger charge is -2.40. The molecule has 0 bridgehead atoms. The van der Waals surface area contributed by atoms with Gasteiger partial charge in [-0.25, -0.2) is 0 Å². The number of piperidine rings is 1. The first kappa shape index (κ1) is 18.8. The molecule has 3 rings (SSSR count). The molecule has 140 valence electrons. The van der Waals surface area contributed by atoms with Gasteiger partial charge in [0.25, 0.3) is 0 Å². The van der Waals surface area contributed by atoms with Crippen molar-refractivity contribution in [1.82, 2.24) is 4.90 Å². The fourth-order valence-corrected chi connectivity index (χ4v) is 4.22. The first-order chi connectivity index (χ1) is 12.6. The summed E-state index contributed by atoms with van der Waals surface area (Å²) in [5.41, 5.74) is 1.23. The molecule has 0 N–H and O–H groups in total. The van der Waals surface area contributed by atoms with Gasteiger partial charge in [0, 0.05) is 35.6 Å². The summed E-state index contributed by atoms with van der Waals surface area (Å²) in [6, 6.07) is 12.7. The molecular weight excluding hydrogens is 344 g/mol. The van der Waals surface area contributed by atoms with Crippen molar-refractivity contribution in [3.05, 3.63) is 46.7 Å². The highest BCUT2D eigenvalue weighted by Gasteiger charge is 2.29. The van der Waals surface area contributed by atoms with Crippen LogP contribution >= 0.6 is 11.3 Å². The van der Waals surface area contributed by atoms with Gasteiger partial charge in [0.2, 0.25) is 5.91 Å². The lowest BCUT2D eigenvalue weighted by atomic mass is 10.0. The number of carbonyl (C=O) groups excluding carboxylic acids is 1. The first-order valence-corrected chi connectivity index (χ1v) is 10.2. The minimum atomic E-state index is 0.0366. The van der Waals surface area contributed by atoms with Gasteiger partial charge in [0.1, 0.15) is 5.75 Å². The number of hydrogen-bond acceptors (Lipinski definition) is 4. The van der Waals surface area contributed by atoms with Gasteiger partial charge in [-0.15, -0.1) is 11.3 Å². The van der Waals surface area contributed by atoms with Crippen molar-refractivity contribution in [1.29, 1.82) is 0 Å². The van der Waals surface area contributed by atoms with Crippen molar-refractivity contribution >= 4 is 22.9 Å². The van der Waals surface area contributed by atoms with Gasteiger partial charge in [-0.1, -0.05) is 19.9 Å². The first-order valence-electron chi connectivity index (χ1n) is 9.30. The van der Waals surface area contributed by atoms with Crippen LogP contribution < -0.4 is 9.64 Å². The predicted octanol–water partition coefficient (Wildman–Crippen LogP) is 4.41. The van der Waals surface area contributed by atoms with E-state index in [4.69, 9.17) is 4.74 Å². The predicted molar refractivity (Wildman–Crippen MR) is 108 cm³/mol. The molecular formula is C21H28N2O2S. The summed E-state index contributed by atoms with van der Waals surface area (Å²) in [6.07, 6.45) is 2.02. The topological polar surface area (TPSA) is 32.8 Å². The maximum Gasteiger partial charge on any atom is 0.225 e. The van der Waals surface area contributed by atoms with E-state index in [9.17, 15) is 4.79 Å². The smallest absolute Gasteiger partial charge is 0.225 e. The van der Waals surface area contributed by atoms with Crippen LogP contribution in [0.3, 0.4) is 0 Å². The van der Waals surface area contributed by atoms with Gasteiger partial charge < -0.3 is 14.5 Å². The van der Waals surface area contributed by atoms with E-state index >= 15 is 0 Å². The van der Waals surface area contributed by atoms with Gasteiger partial charge in [0.15, 0.2) is 0 Å². The Morgan fingerprint density at radius 1 is 1.23 bits per heavy atom. The number of amides is 1. The van der Waals surface area contributed by atoms with Crippen LogP contribution in [0, 0.1) is 5.92 Å². The summed E-state index contributed by atoms with van der Waals surface area (Å²) < 4.78 is 5.24. The van der Waals surface area contributed by atoms with Crippen LogP contribution in [0.15, 0.2) is 41.8 Å². The number of carbonyl (C=O) groups is 1. The maximum atomic E-state index is 12.8. The van der Waals surface area contributed by atoms with E-state index in [2.05, 4.69) is 39.4 Å². The molecule has 1 fully saturated rings. The van der Waals surface area contributed by atoms with E-state index in [1.807, 2.05) is 26.0 Å². The van der Waals surface area contributed by atoms with Gasteiger partial charge in [0.05, 0.1) is 13.7 Å². The minimum absolute atomic E-state index is 0.0366. The van der Waals surface area contributed by atoms with E-state index in [1.165, 1.54) is 10.6 Å². The zero-order chi connectivity index (χ0) is 18.5. The normalized spacial score (nSPS) is 15.3. The van der Waals surface area contributed by atoms with E-state index in [0.29, 0.717) is 6.04 Å². The molecule has 26 heavy (non-hydrogen) atoms. The SMILES string of the molecule is COc1ccc(N2CCC(N(Cc3cccs3)C(=O)C(C)C)CC2)cc1. The molecule has 4 nitrogen and oxygen atoms in total. The molecule has 1 saturated heterocycles. The second-order valence-corrected chi connectivity index (χ2v) is 8.15. The quantitative estimate of drug-likeness (QED) is 0.753. The van der Waals surface area contributed by atoms with Crippen LogP contribution in [-0.2, 0) is 11.3 Å². The lowest BCUT2D eigenvalue weighted by molar-refractivity contribution is -0.138. The van der Waals surface area contributed by atoms with Crippen LogP contribution in [0.4, 0.5) is 5.69 Å². The Kier molecular flexibility index (Phi) is 6.20. The molecule has 0 spiro atoms. The van der Waals surface area contributed by atoms with Crippen LogP contribution in [0.25, 0.3) is 0 Å². The van der Waals surface area contributed by atoms with Crippen LogP contribution in [0.2, 0.25) is 0 Å². The zero-order valence-corrected chi connectivity index (χ0v) is 16.7. The van der Waals surface area contributed by atoms with Crippen LogP contribution in [-0.4, -0.2) is 37.0 Å². The molecule has 5 heteroatoms. The second kappa shape index (κ2) is 8.58. The Hall–Kier alpha value is -2.01. The average Bonchev–Trinajstić information content (AvgIpc) is 3.19. The number of anilines is 1. The highest BCUT2D eigenvalue weighted by Crippen LogP contribution is 2.27. The Bertz CT molecular complexity index is 689. The monoisotopic (exact) mass is 372 g/mol. The molecule has 0 aliphatic carbocycles. The summed E-state index contributed by atoms with van der Waals surface area (Å²) in [5.74, 6) is 1.18. The molecule has 1 aromatic heterocycles. The van der Waals surface area contributed by atoms with E-state index in [1.54, 1.807) is 18.4 Å². The fraction of sp³-hybridized carbons (Fsp3) is 0.476. The summed E-state index contributed by atoms with van der Waals surface area (Å²) in [4.78, 5) is 18.6. The standard InChI is InChI=1S/C21H28N2O2S/c1-16(2)21(24)23(15-20-5-4-14-26-20)18-10-12-22(13-11-18)17-6-8-19(25-3)9-7-17/h4-9,14,16,18H,10-13,15H2,1-3H3. The van der Waals surface area contributed by atoms with Gasteiger partial charge in [-0.3, -0.25) is 4.79 Å². The third kappa shape index (κ3) is 4.39. The maximum absolute atomic E-state index is 12.8. The molecule has 0 radical (unpaired) electrons. The molecule has 1 aliphatic heterocycles. The van der Waals surface area contributed by atoms with E-state index in [-0.39, 0.29) is 11.8 Å². The average molecular weight is 373 g/mol. The third-order valence-corrected chi connectivity index (χ3v) is 5.89. The number of thiophene rings is 1. The van der Waals surface area contributed by atoms with E-state index in [0.717, 1.165) is 38.2 Å². The summed E-state index contributed by atoms with van der Waals surface area (Å²) in [7, 11) is 1.69. The number of nitrogens with zero attached hydrogens (tertiary/aromatic N) is 2. The Labute approximate surface area is 160 Å². The number of benzene rings is 1. The second-order valence-electron chi connectivity index (χ2n) is 7.12. The molecule has 0 saturated carbocycles. The fourth-order valence-electron chi connectivity index (χ4n) is 3.52. The van der Waals surface area contributed by atoms with Crippen molar-refractivity contribution in [3.63, 3.8) is 0 Å². The third-order valence-electron chi connectivity index (χ3n) is 5.03. The minimum Gasteiger partial charge on any atom is -0.497 e. The van der Waals surface area contributed by atoms with Crippen molar-refractivity contribution in [2.24, 2.45) is 5.92 Å². The number of rotatable bonds is 6. The lowest BCUT2D eigenvalue weighted by Crippen LogP contribution is -2.48. The number of methoxy groups -OCH3 is 1. The highest BCUT2D eigenvalue weighted by molar-refractivity contribution is 7.09. The number of hydrogen-bond donors (Lipinski definition) is 0. The molecule has 1 amide bonds. The molecule has 0 unspecified atom stereocenters. The van der Waals surface area contributed by atoms with Crippen LogP contribution in [0.1, 0.15) is 31.6 Å². The van der Waals surface area contributed by atoms with Crippen molar-refractivity contribution in [3.8, 4) is 5.75 Å². The van der Waals surface area contributed by atoms with Crippen molar-refractivity contribution in [2.75, 3.05) is 25.1 Å². The molecule has 2 aromatic rings. The number of ether oxygens (including phenoxy) is 1. The van der Waals surface area contributed by atoms with Gasteiger partial charge in [-0.05, 0) is 48.6 Å².